The number of ether oxygens (including phenoxy) is 4. The second kappa shape index (κ2) is 13.1. The molecule has 15 N–H and O–H groups in total. The number of rotatable bonds is 10. The fourth-order valence-electron chi connectivity index (χ4n) is 4.79. The van der Waals surface area contributed by atoms with Crippen LogP contribution in [0.25, 0.3) is 0 Å². The first-order valence-electron chi connectivity index (χ1n) is 12.4. The van der Waals surface area contributed by atoms with Crippen LogP contribution in [0.4, 0.5) is 0 Å². The lowest BCUT2D eigenvalue weighted by atomic mass is 9.83. The lowest BCUT2D eigenvalue weighted by molar-refractivity contribution is -0.287. The van der Waals surface area contributed by atoms with E-state index >= 15 is 0 Å². The Morgan fingerprint density at radius 1 is 0.917 bits per heavy atom. The number of carbonyl (C=O) groups is 1. The molecule has 0 aromatic carbocycles. The Hall–Kier alpha value is -1.05. The van der Waals surface area contributed by atoms with Gasteiger partial charge >= 0.3 is 0 Å². The molecular weight excluding hydrogens is 480 g/mol. The first-order valence-corrected chi connectivity index (χ1v) is 12.4. The van der Waals surface area contributed by atoms with Crippen LogP contribution in [0.3, 0.4) is 0 Å². The molecule has 2 aliphatic heterocycles. The molecule has 15 heteroatoms. The Bertz CT molecular complexity index is 711. The third-order valence-corrected chi connectivity index (χ3v) is 6.99. The Labute approximate surface area is 209 Å². The number of nitrogens with one attached hydrogen (secondary N) is 1. The first-order chi connectivity index (χ1) is 17.1. The second-order valence-corrected chi connectivity index (χ2v) is 9.66. The topological polar surface area (TPSA) is 277 Å². The van der Waals surface area contributed by atoms with Crippen LogP contribution in [0, 0.1) is 0 Å². The molecule has 0 radical (unpaired) electrons. The third-order valence-electron chi connectivity index (χ3n) is 6.99. The molecule has 0 aromatic rings. The van der Waals surface area contributed by atoms with E-state index in [1.165, 1.54) is 0 Å². The minimum Gasteiger partial charge on any atom is -0.388 e. The number of aliphatic hydroxyl groups excluding tert-OH is 4. The first kappa shape index (κ1) is 29.5. The van der Waals surface area contributed by atoms with E-state index in [4.69, 9.17) is 47.6 Å². The van der Waals surface area contributed by atoms with Gasteiger partial charge in [-0.2, -0.15) is 0 Å². The van der Waals surface area contributed by atoms with E-state index in [1.54, 1.807) is 0 Å². The third kappa shape index (κ3) is 6.68. The number of hydrogen-bond donors (Lipinski definition) is 10. The van der Waals surface area contributed by atoms with E-state index < -0.39 is 79.3 Å². The molecule has 210 valence electrons. The molecule has 0 aromatic heterocycles. The van der Waals surface area contributed by atoms with Crippen molar-refractivity contribution in [2.45, 2.75) is 105 Å². The molecule has 2 saturated heterocycles. The fraction of sp³-hybridized carbons (Fsp3) is 0.952. The van der Waals surface area contributed by atoms with Crippen molar-refractivity contribution in [3.63, 3.8) is 0 Å². The molecule has 3 rings (SSSR count). The molecule has 3 fully saturated rings. The van der Waals surface area contributed by atoms with Gasteiger partial charge in [0.25, 0.3) is 0 Å². The molecule has 15 nitrogen and oxygen atoms in total. The Balaban J connectivity index is 1.80. The molecule has 13 atom stereocenters. The molecule has 3 aliphatic rings. The summed E-state index contributed by atoms with van der Waals surface area (Å²) < 4.78 is 23.4. The predicted molar refractivity (Wildman–Crippen MR) is 125 cm³/mol. The quantitative estimate of drug-likeness (QED) is 0.128. The van der Waals surface area contributed by atoms with Gasteiger partial charge in [-0.1, -0.05) is 0 Å². The van der Waals surface area contributed by atoms with Gasteiger partial charge in [0.15, 0.2) is 12.6 Å². The maximum absolute atomic E-state index is 12.4. The SMILES string of the molecule is NCC[C@H](O)C(=O)N[C@@H]1C[C@H](N)[C@@H](O[C@H]2O[C@H](CN)CC[C@H]2N)[C@H](O[C@@H]2O[C@H](CN)[C@H](O)[C@H]2O)[C@H]1O. The van der Waals surface area contributed by atoms with Crippen LogP contribution >= 0.6 is 0 Å². The van der Waals surface area contributed by atoms with Gasteiger partial charge in [-0.25, -0.2) is 0 Å². The molecule has 1 aliphatic carbocycles. The lowest BCUT2D eigenvalue weighted by Gasteiger charge is -2.46. The summed E-state index contributed by atoms with van der Waals surface area (Å²) >= 11 is 0. The monoisotopic (exact) mass is 522 g/mol. The maximum Gasteiger partial charge on any atom is 0.249 e. The van der Waals surface area contributed by atoms with E-state index in [2.05, 4.69) is 5.32 Å². The van der Waals surface area contributed by atoms with Crippen LogP contribution in [-0.4, -0.2) is 126 Å². The van der Waals surface area contributed by atoms with Crippen LogP contribution in [0.5, 0.6) is 0 Å². The van der Waals surface area contributed by atoms with Crippen LogP contribution in [0.15, 0.2) is 0 Å². The molecule has 1 saturated carbocycles. The molecule has 0 unspecified atom stereocenters. The van der Waals surface area contributed by atoms with Gasteiger partial charge in [-0.3, -0.25) is 4.79 Å². The van der Waals surface area contributed by atoms with Crippen molar-refractivity contribution in [3.05, 3.63) is 0 Å². The highest BCUT2D eigenvalue weighted by Crippen LogP contribution is 2.32. The van der Waals surface area contributed by atoms with Crippen molar-refractivity contribution in [2.24, 2.45) is 28.7 Å². The molecule has 36 heavy (non-hydrogen) atoms. The molecule has 2 heterocycles. The number of hydrogen-bond acceptors (Lipinski definition) is 14. The predicted octanol–water partition coefficient (Wildman–Crippen LogP) is -5.76. The second-order valence-electron chi connectivity index (χ2n) is 9.66. The van der Waals surface area contributed by atoms with Crippen LogP contribution in [-0.2, 0) is 23.7 Å². The minimum atomic E-state index is -1.46. The average Bonchev–Trinajstić information content (AvgIpc) is 3.13. The van der Waals surface area contributed by atoms with Crippen LogP contribution in [0.1, 0.15) is 25.7 Å². The summed E-state index contributed by atoms with van der Waals surface area (Å²) in [5, 5.41) is 44.3. The van der Waals surface area contributed by atoms with Gasteiger partial charge in [0, 0.05) is 19.1 Å². The largest absolute Gasteiger partial charge is 0.388 e. The molecule has 1 amide bonds. The average molecular weight is 523 g/mol. The number of amides is 1. The Morgan fingerprint density at radius 2 is 1.61 bits per heavy atom. The fourth-order valence-corrected chi connectivity index (χ4v) is 4.79. The zero-order valence-electron chi connectivity index (χ0n) is 20.2. The number of carbonyl (C=O) groups excluding carboxylic acids is 1. The summed E-state index contributed by atoms with van der Waals surface area (Å²) in [7, 11) is 0. The summed E-state index contributed by atoms with van der Waals surface area (Å²) in [6.07, 6.45) is -9.84. The zero-order chi connectivity index (χ0) is 26.6. The highest BCUT2D eigenvalue weighted by Gasteiger charge is 2.51. The number of aliphatic hydroxyl groups is 4. The van der Waals surface area contributed by atoms with Gasteiger partial charge in [-0.15, -0.1) is 0 Å². The lowest BCUT2D eigenvalue weighted by Crippen LogP contribution is -2.67. The molecule has 0 bridgehead atoms. The van der Waals surface area contributed by atoms with Crippen molar-refractivity contribution in [1.82, 2.24) is 5.32 Å². The zero-order valence-corrected chi connectivity index (χ0v) is 20.2. The van der Waals surface area contributed by atoms with Gasteiger partial charge in [0.05, 0.1) is 18.2 Å². The van der Waals surface area contributed by atoms with Gasteiger partial charge < -0.3 is 73.4 Å². The maximum atomic E-state index is 12.4. The summed E-state index contributed by atoms with van der Waals surface area (Å²) in [6, 6.07) is -2.21. The minimum absolute atomic E-state index is 0.0338. The van der Waals surface area contributed by atoms with Crippen LogP contribution in [0.2, 0.25) is 0 Å². The normalized spacial score (nSPS) is 44.4. The number of nitrogens with two attached hydrogens (primary N) is 5. The summed E-state index contributed by atoms with van der Waals surface area (Å²) in [5.74, 6) is -0.728. The van der Waals surface area contributed by atoms with Gasteiger partial charge in [-0.05, 0) is 32.2 Å². The van der Waals surface area contributed by atoms with Crippen molar-refractivity contribution in [2.75, 3.05) is 19.6 Å². The van der Waals surface area contributed by atoms with E-state index in [9.17, 15) is 25.2 Å². The highest BCUT2D eigenvalue weighted by molar-refractivity contribution is 5.80. The summed E-state index contributed by atoms with van der Waals surface area (Å²) in [5.41, 5.74) is 29.3. The van der Waals surface area contributed by atoms with Crippen molar-refractivity contribution in [1.29, 1.82) is 0 Å². The summed E-state index contributed by atoms with van der Waals surface area (Å²) in [4.78, 5) is 12.4. The van der Waals surface area contributed by atoms with Gasteiger partial charge in [0.2, 0.25) is 5.91 Å². The van der Waals surface area contributed by atoms with E-state index in [0.717, 1.165) is 0 Å². The van der Waals surface area contributed by atoms with Crippen molar-refractivity contribution in [3.8, 4) is 0 Å². The van der Waals surface area contributed by atoms with E-state index in [0.29, 0.717) is 12.8 Å². The molecular formula is C21H42N6O9. The molecule has 0 spiro atoms. The van der Waals surface area contributed by atoms with Crippen LogP contribution < -0.4 is 34.0 Å². The van der Waals surface area contributed by atoms with Crippen molar-refractivity contribution >= 4 is 5.91 Å². The van der Waals surface area contributed by atoms with E-state index in [-0.39, 0.29) is 38.6 Å². The van der Waals surface area contributed by atoms with Gasteiger partial charge in [0.1, 0.15) is 42.7 Å². The Morgan fingerprint density at radius 3 is 2.22 bits per heavy atom. The highest BCUT2D eigenvalue weighted by atomic mass is 16.7. The smallest absolute Gasteiger partial charge is 0.249 e. The van der Waals surface area contributed by atoms with Crippen molar-refractivity contribution < 1.29 is 44.2 Å². The standard InChI is InChI=1S/C21H42N6O9/c22-4-3-12(28)19(32)27-11-5-10(26)17(35-20-9(25)2-1-8(6-23)33-20)18(14(11)29)36-21-16(31)15(30)13(7-24)34-21/h8-18,20-21,28-31H,1-7,22-26H2,(H,27,32)/t8-,9+,10-,11+,12-,13+,14-,15-,16+,17+,18+,20+,21-/m0/s1. The summed E-state index contributed by atoms with van der Waals surface area (Å²) in [6.45, 7) is 0.287. The van der Waals surface area contributed by atoms with E-state index in [1.807, 2.05) is 0 Å². The Kier molecular flexibility index (Phi) is 10.8.